The van der Waals surface area contributed by atoms with Crippen molar-refractivity contribution in [3.05, 3.63) is 77.0 Å². The quantitative estimate of drug-likeness (QED) is 0.659. The van der Waals surface area contributed by atoms with E-state index >= 15 is 0 Å². The Hall–Kier alpha value is -3.49. The molecular formula is C26H25N7S. The van der Waals surface area contributed by atoms with Crippen LogP contribution in [-0.2, 0) is 0 Å². The summed E-state index contributed by atoms with van der Waals surface area (Å²) >= 11 is 5.59. The van der Waals surface area contributed by atoms with Gasteiger partial charge >= 0.3 is 0 Å². The molecule has 3 aliphatic heterocycles. The van der Waals surface area contributed by atoms with E-state index in [-0.39, 0.29) is 5.92 Å². The molecule has 0 saturated carbocycles. The molecule has 5 heterocycles. The molecule has 2 N–H and O–H groups in total. The Labute approximate surface area is 203 Å². The zero-order valence-corrected chi connectivity index (χ0v) is 19.6. The summed E-state index contributed by atoms with van der Waals surface area (Å²) in [5.41, 5.74) is 6.04. The van der Waals surface area contributed by atoms with Crippen molar-refractivity contribution in [2.24, 2.45) is 15.9 Å². The van der Waals surface area contributed by atoms with Crippen LogP contribution in [0.3, 0.4) is 0 Å². The van der Waals surface area contributed by atoms with Gasteiger partial charge in [-0.1, -0.05) is 30.4 Å². The highest BCUT2D eigenvalue weighted by Crippen LogP contribution is 2.31. The number of aromatic nitrogens is 2. The molecule has 0 bridgehead atoms. The van der Waals surface area contributed by atoms with E-state index in [1.807, 2.05) is 30.9 Å². The summed E-state index contributed by atoms with van der Waals surface area (Å²) < 4.78 is 0. The van der Waals surface area contributed by atoms with Gasteiger partial charge in [-0.2, -0.15) is 0 Å². The van der Waals surface area contributed by atoms with Crippen LogP contribution in [0.1, 0.15) is 12.8 Å². The molecule has 1 saturated heterocycles. The molecule has 1 unspecified atom stereocenters. The first-order valence-corrected chi connectivity index (χ1v) is 12.1. The van der Waals surface area contributed by atoms with Crippen LogP contribution >= 0.6 is 12.2 Å². The topological polar surface area (TPSA) is 77.8 Å². The van der Waals surface area contributed by atoms with E-state index in [1.165, 1.54) is 11.1 Å². The molecule has 0 radical (unpaired) electrons. The highest BCUT2D eigenvalue weighted by Gasteiger charge is 2.26. The summed E-state index contributed by atoms with van der Waals surface area (Å²) in [6, 6.07) is 6.26. The molecule has 7 nitrogen and oxygen atoms in total. The molecule has 1 fully saturated rings. The number of nitrogens with zero attached hydrogens (tertiary/aromatic N) is 5. The summed E-state index contributed by atoms with van der Waals surface area (Å²) in [6.07, 6.45) is 15.5. The Morgan fingerprint density at radius 2 is 2.06 bits per heavy atom. The van der Waals surface area contributed by atoms with Gasteiger partial charge < -0.3 is 15.5 Å². The van der Waals surface area contributed by atoms with Gasteiger partial charge in [0.25, 0.3) is 0 Å². The molecule has 1 aliphatic carbocycles. The third-order valence-electron chi connectivity index (χ3n) is 6.53. The predicted octanol–water partition coefficient (Wildman–Crippen LogP) is 2.60. The molecule has 34 heavy (non-hydrogen) atoms. The van der Waals surface area contributed by atoms with E-state index in [9.17, 15) is 0 Å². The van der Waals surface area contributed by atoms with Crippen molar-refractivity contribution in [3.63, 3.8) is 0 Å². The second-order valence-electron chi connectivity index (χ2n) is 8.75. The van der Waals surface area contributed by atoms with E-state index in [4.69, 9.17) is 17.2 Å². The number of rotatable bonds is 5. The van der Waals surface area contributed by atoms with Crippen molar-refractivity contribution in [2.75, 3.05) is 36.4 Å². The van der Waals surface area contributed by atoms with Crippen LogP contribution in [0.5, 0.6) is 0 Å². The van der Waals surface area contributed by atoms with Crippen molar-refractivity contribution in [2.45, 2.75) is 12.8 Å². The van der Waals surface area contributed by atoms with Crippen molar-refractivity contribution in [1.82, 2.24) is 15.3 Å². The molecule has 0 amide bonds. The molecule has 2 aromatic rings. The minimum Gasteiger partial charge on any atom is -0.368 e. The zero-order chi connectivity index (χ0) is 22.9. The van der Waals surface area contributed by atoms with Gasteiger partial charge in [0.15, 0.2) is 5.49 Å². The summed E-state index contributed by atoms with van der Waals surface area (Å²) in [7, 11) is 0. The van der Waals surface area contributed by atoms with E-state index in [1.54, 1.807) is 0 Å². The monoisotopic (exact) mass is 467 g/mol. The molecule has 4 aliphatic rings. The average Bonchev–Trinajstić information content (AvgIpc) is 3.25. The largest absolute Gasteiger partial charge is 0.368 e. The van der Waals surface area contributed by atoms with Crippen LogP contribution in [0.2, 0.25) is 0 Å². The molecule has 2 aromatic heterocycles. The van der Waals surface area contributed by atoms with Gasteiger partial charge in [-0.15, -0.1) is 0 Å². The first-order chi connectivity index (χ1) is 16.7. The van der Waals surface area contributed by atoms with Crippen molar-refractivity contribution < 1.29 is 0 Å². The summed E-state index contributed by atoms with van der Waals surface area (Å²) in [5, 5.41) is 7.83. The maximum atomic E-state index is 5.59. The fraction of sp³-hybridized carbons (Fsp3) is 0.269. The molecule has 170 valence electrons. The number of fused-ring (bicyclic) bond motifs is 2. The van der Waals surface area contributed by atoms with Crippen LogP contribution in [0, 0.1) is 5.92 Å². The van der Waals surface area contributed by atoms with Gasteiger partial charge in [-0.3, -0.25) is 4.99 Å². The lowest BCUT2D eigenvalue weighted by molar-refractivity contribution is 0.589. The minimum absolute atomic E-state index is 0.120. The average molecular weight is 468 g/mol. The van der Waals surface area contributed by atoms with Gasteiger partial charge in [0.05, 0.1) is 35.7 Å². The van der Waals surface area contributed by atoms with E-state index in [0.29, 0.717) is 0 Å². The van der Waals surface area contributed by atoms with Gasteiger partial charge in [-0.25, -0.2) is 15.0 Å². The van der Waals surface area contributed by atoms with Crippen molar-refractivity contribution in [3.8, 4) is 0 Å². The zero-order valence-electron chi connectivity index (χ0n) is 18.7. The Balaban J connectivity index is 1.27. The number of hydrogen-bond acceptors (Lipinski definition) is 8. The number of pyridine rings is 2. The van der Waals surface area contributed by atoms with E-state index < -0.39 is 0 Å². The number of anilines is 3. The maximum absolute atomic E-state index is 5.59. The lowest BCUT2D eigenvalue weighted by Crippen LogP contribution is -2.43. The van der Waals surface area contributed by atoms with Gasteiger partial charge in [0, 0.05) is 54.8 Å². The summed E-state index contributed by atoms with van der Waals surface area (Å²) in [6.45, 7) is 4.02. The number of thiocarbonyl (C=S) groups is 1. The lowest BCUT2D eigenvalue weighted by atomic mass is 9.86. The van der Waals surface area contributed by atoms with E-state index in [0.717, 1.165) is 77.5 Å². The van der Waals surface area contributed by atoms with E-state index in [2.05, 4.69) is 60.9 Å². The van der Waals surface area contributed by atoms with Crippen LogP contribution in [0.4, 0.5) is 17.2 Å². The van der Waals surface area contributed by atoms with Gasteiger partial charge in [0.1, 0.15) is 5.82 Å². The number of allylic oxidation sites excluding steroid dienone is 5. The second kappa shape index (κ2) is 9.04. The first kappa shape index (κ1) is 21.1. The highest BCUT2D eigenvalue weighted by molar-refractivity contribution is 7.80. The van der Waals surface area contributed by atoms with Crippen LogP contribution in [0.25, 0.3) is 5.57 Å². The fourth-order valence-electron chi connectivity index (χ4n) is 4.78. The Morgan fingerprint density at radius 1 is 1.15 bits per heavy atom. The standard InChI is InChI=1S/C26H25N7S/c34-23-4-2-1-3-17(23)11-18-13-28-16-22-25(18)21-12-19(14-30-26(21)32-22)31-24-6-5-20(15-29-24)33-9-7-27-8-10-33/h1-3,5-6,12-16,18,27H,4,7-11H2,(H,29,31). The first-order valence-electron chi connectivity index (χ1n) is 11.6. The fourth-order valence-corrected chi connectivity index (χ4v) is 5.03. The SMILES string of the molecule is S=C1CC=CC=C1CC1C=NC=C2N=c3ncc(Nc4ccc(N5CCNCC5)cn4)cc3=C21. The molecule has 8 heteroatoms. The Morgan fingerprint density at radius 3 is 2.88 bits per heavy atom. The van der Waals surface area contributed by atoms with Crippen molar-refractivity contribution >= 4 is 46.1 Å². The normalized spacial score (nSPS) is 20.9. The molecule has 0 spiro atoms. The third kappa shape index (κ3) is 4.10. The molecular weight excluding hydrogens is 442 g/mol. The predicted molar refractivity (Wildman–Crippen MR) is 140 cm³/mol. The van der Waals surface area contributed by atoms with Gasteiger partial charge in [0.2, 0.25) is 0 Å². The number of hydrogen-bond donors (Lipinski definition) is 2. The molecule has 1 atom stereocenters. The summed E-state index contributed by atoms with van der Waals surface area (Å²) in [4.78, 5) is 21.8. The van der Waals surface area contributed by atoms with Gasteiger partial charge in [-0.05, 0) is 35.8 Å². The van der Waals surface area contributed by atoms with Crippen LogP contribution in [-0.4, -0.2) is 47.2 Å². The smallest absolute Gasteiger partial charge is 0.160 e. The maximum Gasteiger partial charge on any atom is 0.160 e. The lowest BCUT2D eigenvalue weighted by Gasteiger charge is -2.29. The van der Waals surface area contributed by atoms with Crippen molar-refractivity contribution in [1.29, 1.82) is 0 Å². The highest BCUT2D eigenvalue weighted by atomic mass is 32.1. The number of nitrogens with one attached hydrogen (secondary N) is 2. The second-order valence-corrected chi connectivity index (χ2v) is 9.25. The molecule has 6 rings (SSSR count). The third-order valence-corrected chi connectivity index (χ3v) is 6.96. The minimum atomic E-state index is 0.120. The van der Waals surface area contributed by atoms with Crippen LogP contribution in [0.15, 0.2) is 76.3 Å². The number of piperazine rings is 1. The Bertz CT molecular complexity index is 1380. The van der Waals surface area contributed by atoms with Crippen LogP contribution < -0.4 is 26.2 Å². The molecule has 0 aromatic carbocycles. The number of aliphatic imine (C=N–C) groups is 1. The Kier molecular flexibility index (Phi) is 5.60. The summed E-state index contributed by atoms with van der Waals surface area (Å²) in [5.74, 6) is 0.914.